The minimum atomic E-state index is 0.0135. The average Bonchev–Trinajstić information content (AvgIpc) is 2.90. The molecular weight excluding hydrogens is 280 g/mol. The van der Waals surface area contributed by atoms with Gasteiger partial charge in [0.25, 0.3) is 0 Å². The minimum Gasteiger partial charge on any atom is -0.320 e. The molecule has 2 fully saturated rings. The fraction of sp³-hybridized carbons (Fsp3) is 0.706. The van der Waals surface area contributed by atoms with Gasteiger partial charge in [-0.25, -0.2) is 0 Å². The van der Waals surface area contributed by atoms with Gasteiger partial charge in [0.1, 0.15) is 6.17 Å². The van der Waals surface area contributed by atoms with E-state index >= 15 is 0 Å². The summed E-state index contributed by atoms with van der Waals surface area (Å²) in [6, 6.07) is 4.24. The summed E-state index contributed by atoms with van der Waals surface area (Å²) >= 11 is 1.75. The van der Waals surface area contributed by atoms with Crippen molar-refractivity contribution >= 4 is 17.2 Å². The lowest BCUT2D eigenvalue weighted by Crippen LogP contribution is -2.36. The monoisotopic (exact) mass is 306 g/mol. The van der Waals surface area contributed by atoms with Crippen LogP contribution in [-0.2, 0) is 4.79 Å². The van der Waals surface area contributed by atoms with E-state index in [0.29, 0.717) is 11.3 Å². The quantitative estimate of drug-likeness (QED) is 0.828. The molecule has 2 aliphatic rings. The van der Waals surface area contributed by atoms with Crippen LogP contribution in [0.25, 0.3) is 0 Å². The molecule has 0 aromatic carbocycles. The molecule has 1 aromatic rings. The summed E-state index contributed by atoms with van der Waals surface area (Å²) in [7, 11) is 0. The van der Waals surface area contributed by atoms with Crippen molar-refractivity contribution in [2.24, 2.45) is 5.41 Å². The van der Waals surface area contributed by atoms with E-state index in [1.165, 1.54) is 30.6 Å². The number of carbonyl (C=O) groups excluding carboxylic acids is 1. The summed E-state index contributed by atoms with van der Waals surface area (Å²) in [5, 5.41) is 5.68. The Bertz CT molecular complexity index is 481. The molecule has 1 amide bonds. The van der Waals surface area contributed by atoms with Crippen molar-refractivity contribution in [2.75, 3.05) is 6.54 Å². The first-order valence-electron chi connectivity index (χ1n) is 8.29. The van der Waals surface area contributed by atoms with E-state index in [2.05, 4.69) is 41.6 Å². The molecule has 0 radical (unpaired) electrons. The zero-order valence-electron chi connectivity index (χ0n) is 13.1. The molecule has 0 spiro atoms. The molecular formula is C17H26N2OS. The highest BCUT2D eigenvalue weighted by Crippen LogP contribution is 2.51. The normalized spacial score (nSPS) is 27.3. The molecule has 1 aliphatic heterocycles. The van der Waals surface area contributed by atoms with Crippen molar-refractivity contribution in [3.63, 3.8) is 0 Å². The van der Waals surface area contributed by atoms with Crippen LogP contribution < -0.4 is 5.32 Å². The van der Waals surface area contributed by atoms with Gasteiger partial charge in [-0.1, -0.05) is 32.8 Å². The first-order chi connectivity index (χ1) is 10.2. The SMILES string of the molecule is CCCC1NC(c2cccs2)N(CC2(CCC)CC2)C1=O. The second kappa shape index (κ2) is 6.09. The van der Waals surface area contributed by atoms with Gasteiger partial charge < -0.3 is 4.90 Å². The number of nitrogens with zero attached hydrogens (tertiary/aromatic N) is 1. The zero-order valence-corrected chi connectivity index (χ0v) is 13.9. The summed E-state index contributed by atoms with van der Waals surface area (Å²) in [4.78, 5) is 16.2. The van der Waals surface area contributed by atoms with Crippen molar-refractivity contribution in [2.45, 2.75) is 64.6 Å². The van der Waals surface area contributed by atoms with Crippen LogP contribution in [0.15, 0.2) is 17.5 Å². The van der Waals surface area contributed by atoms with Gasteiger partial charge in [-0.3, -0.25) is 10.1 Å². The Morgan fingerprint density at radius 1 is 1.38 bits per heavy atom. The van der Waals surface area contributed by atoms with Crippen LogP contribution >= 0.6 is 11.3 Å². The van der Waals surface area contributed by atoms with Gasteiger partial charge in [-0.2, -0.15) is 0 Å². The van der Waals surface area contributed by atoms with Crippen LogP contribution in [0.5, 0.6) is 0 Å². The van der Waals surface area contributed by atoms with Gasteiger partial charge in [-0.05, 0) is 42.5 Å². The van der Waals surface area contributed by atoms with Gasteiger partial charge in [-0.15, -0.1) is 11.3 Å². The number of nitrogens with one attached hydrogen (secondary N) is 1. The molecule has 0 bridgehead atoms. The molecule has 116 valence electrons. The van der Waals surface area contributed by atoms with Crippen molar-refractivity contribution in [1.29, 1.82) is 0 Å². The molecule has 3 nitrogen and oxygen atoms in total. The maximum atomic E-state index is 12.8. The predicted octanol–water partition coefficient (Wildman–Crippen LogP) is 3.93. The third-order valence-electron chi connectivity index (χ3n) is 4.89. The van der Waals surface area contributed by atoms with E-state index in [9.17, 15) is 4.79 Å². The zero-order chi connectivity index (χ0) is 14.9. The Labute approximate surface area is 131 Å². The van der Waals surface area contributed by atoms with Gasteiger partial charge >= 0.3 is 0 Å². The molecule has 1 saturated carbocycles. The Morgan fingerprint density at radius 3 is 2.76 bits per heavy atom. The summed E-state index contributed by atoms with van der Waals surface area (Å²) in [6.07, 6.45) is 7.15. The standard InChI is InChI=1S/C17H26N2OS/c1-3-6-13-16(20)19(12-17(8-4-2)9-10-17)15(18-13)14-7-5-11-21-14/h5,7,11,13,15,18H,3-4,6,8-10,12H2,1-2H3. The lowest BCUT2D eigenvalue weighted by atomic mass is 9.99. The van der Waals surface area contributed by atoms with Crippen LogP contribution in [-0.4, -0.2) is 23.4 Å². The number of rotatable bonds is 7. The molecule has 3 rings (SSSR count). The molecule has 1 aromatic heterocycles. The molecule has 4 heteroatoms. The van der Waals surface area contributed by atoms with Crippen molar-refractivity contribution in [3.05, 3.63) is 22.4 Å². The van der Waals surface area contributed by atoms with Crippen molar-refractivity contribution in [3.8, 4) is 0 Å². The first-order valence-corrected chi connectivity index (χ1v) is 9.17. The van der Waals surface area contributed by atoms with E-state index in [1.54, 1.807) is 11.3 Å². The molecule has 21 heavy (non-hydrogen) atoms. The summed E-state index contributed by atoms with van der Waals surface area (Å²) < 4.78 is 0. The van der Waals surface area contributed by atoms with Crippen LogP contribution in [0, 0.1) is 5.41 Å². The fourth-order valence-electron chi connectivity index (χ4n) is 3.58. The lowest BCUT2D eigenvalue weighted by Gasteiger charge is -2.28. The third kappa shape index (κ3) is 3.02. The highest BCUT2D eigenvalue weighted by atomic mass is 32.1. The lowest BCUT2D eigenvalue weighted by molar-refractivity contribution is -0.131. The first kappa shape index (κ1) is 15.0. The fourth-order valence-corrected chi connectivity index (χ4v) is 4.38. The maximum absolute atomic E-state index is 12.8. The number of carbonyl (C=O) groups is 1. The van der Waals surface area contributed by atoms with E-state index in [0.717, 1.165) is 19.4 Å². The Balaban J connectivity index is 1.78. The van der Waals surface area contributed by atoms with Crippen molar-refractivity contribution in [1.82, 2.24) is 10.2 Å². The predicted molar refractivity (Wildman–Crippen MR) is 87.2 cm³/mol. The highest BCUT2D eigenvalue weighted by Gasteiger charge is 2.48. The summed E-state index contributed by atoms with van der Waals surface area (Å²) in [6.45, 7) is 5.34. The summed E-state index contributed by atoms with van der Waals surface area (Å²) in [5.41, 5.74) is 0.419. The van der Waals surface area contributed by atoms with E-state index < -0.39 is 0 Å². The van der Waals surface area contributed by atoms with E-state index in [-0.39, 0.29) is 12.2 Å². The Morgan fingerprint density at radius 2 is 2.19 bits per heavy atom. The number of thiophene rings is 1. The van der Waals surface area contributed by atoms with Gasteiger partial charge in [0, 0.05) is 11.4 Å². The third-order valence-corrected chi connectivity index (χ3v) is 5.81. The summed E-state index contributed by atoms with van der Waals surface area (Å²) in [5.74, 6) is 0.317. The number of hydrogen-bond donors (Lipinski definition) is 1. The molecule has 1 saturated heterocycles. The molecule has 1 aliphatic carbocycles. The van der Waals surface area contributed by atoms with E-state index in [1.807, 2.05) is 0 Å². The maximum Gasteiger partial charge on any atom is 0.241 e. The van der Waals surface area contributed by atoms with Crippen LogP contribution in [0.3, 0.4) is 0 Å². The minimum absolute atomic E-state index is 0.0135. The smallest absolute Gasteiger partial charge is 0.241 e. The van der Waals surface area contributed by atoms with Crippen LogP contribution in [0.1, 0.15) is 63.4 Å². The van der Waals surface area contributed by atoms with Gasteiger partial charge in [0.05, 0.1) is 6.04 Å². The Hall–Kier alpha value is -0.870. The topological polar surface area (TPSA) is 32.3 Å². The van der Waals surface area contributed by atoms with Crippen molar-refractivity contribution < 1.29 is 4.79 Å². The molecule has 1 N–H and O–H groups in total. The number of amides is 1. The van der Waals surface area contributed by atoms with Gasteiger partial charge in [0.2, 0.25) is 5.91 Å². The number of hydrogen-bond acceptors (Lipinski definition) is 3. The van der Waals surface area contributed by atoms with Gasteiger partial charge in [0.15, 0.2) is 0 Å². The molecule has 2 atom stereocenters. The molecule has 2 heterocycles. The molecule has 2 unspecified atom stereocenters. The Kier molecular flexibility index (Phi) is 4.36. The second-order valence-corrected chi connectivity index (χ2v) is 7.62. The van der Waals surface area contributed by atoms with Crippen LogP contribution in [0.2, 0.25) is 0 Å². The van der Waals surface area contributed by atoms with E-state index in [4.69, 9.17) is 0 Å². The van der Waals surface area contributed by atoms with Crippen LogP contribution in [0.4, 0.5) is 0 Å². The highest BCUT2D eigenvalue weighted by molar-refractivity contribution is 7.10. The second-order valence-electron chi connectivity index (χ2n) is 6.64. The average molecular weight is 306 g/mol. The largest absolute Gasteiger partial charge is 0.320 e.